The molecule has 2 N–H and O–H groups in total. The number of nitrogens with zero attached hydrogens (tertiary/aromatic N) is 3. The van der Waals surface area contributed by atoms with Crippen molar-refractivity contribution in [1.82, 2.24) is 15.0 Å². The number of aromatic nitrogens is 3. The van der Waals surface area contributed by atoms with Crippen molar-refractivity contribution in [3.63, 3.8) is 0 Å². The summed E-state index contributed by atoms with van der Waals surface area (Å²) in [7, 11) is 0. The highest BCUT2D eigenvalue weighted by Gasteiger charge is 2.17. The summed E-state index contributed by atoms with van der Waals surface area (Å²) in [6.07, 6.45) is 11.0. The molecular weight excluding hydrogens is 481 g/mol. The number of halogens is 1. The molecule has 0 atom stereocenters. The molecule has 5 rings (SSSR count). The maximum atomic E-state index is 13.7. The molecule has 2 heterocycles. The van der Waals surface area contributed by atoms with E-state index in [1.165, 1.54) is 12.2 Å². The molecule has 0 fully saturated rings. The van der Waals surface area contributed by atoms with E-state index in [9.17, 15) is 4.39 Å². The molecule has 0 saturated carbocycles. The third-order valence-corrected chi connectivity index (χ3v) is 6.64. The number of allylic oxidation sites excluding steroid dienone is 6. The van der Waals surface area contributed by atoms with Crippen LogP contribution in [0.3, 0.4) is 0 Å². The lowest BCUT2D eigenvalue weighted by Gasteiger charge is -2.25. The SMILES string of the molecule is CSc1nc(C2=CC=C(F)C=CC2)c(-c2ccnc(NCCN(c3ccccc3)c3ccccc3)c2)[nH]1. The van der Waals surface area contributed by atoms with Gasteiger partial charge in [0.2, 0.25) is 0 Å². The van der Waals surface area contributed by atoms with Crippen LogP contribution in [0.4, 0.5) is 21.6 Å². The van der Waals surface area contributed by atoms with Gasteiger partial charge in [0, 0.05) is 36.2 Å². The Bertz CT molecular complexity index is 1390. The molecule has 37 heavy (non-hydrogen) atoms. The molecule has 0 aliphatic heterocycles. The van der Waals surface area contributed by atoms with Gasteiger partial charge in [0.05, 0.1) is 11.4 Å². The van der Waals surface area contributed by atoms with Gasteiger partial charge in [-0.25, -0.2) is 14.4 Å². The molecule has 2 aromatic carbocycles. The standard InChI is InChI=1S/C30H28FN5S/c1-37-30-34-28(22-9-8-10-24(31)16-15-22)29(35-30)23-17-18-32-27(21-23)33-19-20-36(25-11-4-2-5-12-25)26-13-6-3-7-14-26/h2-8,10-18,21H,9,19-20H2,1H3,(H,32,33)(H,34,35). The van der Waals surface area contributed by atoms with Gasteiger partial charge in [0.1, 0.15) is 11.6 Å². The third kappa shape index (κ3) is 6.01. The van der Waals surface area contributed by atoms with Crippen molar-refractivity contribution in [2.75, 3.05) is 29.6 Å². The first kappa shape index (κ1) is 24.6. The normalized spacial score (nSPS) is 13.0. The van der Waals surface area contributed by atoms with Crippen LogP contribution in [0, 0.1) is 0 Å². The summed E-state index contributed by atoms with van der Waals surface area (Å²) in [5, 5.41) is 4.30. The van der Waals surface area contributed by atoms with Gasteiger partial charge in [-0.2, -0.15) is 0 Å². The quantitative estimate of drug-likeness (QED) is 0.227. The number of H-pyrrole nitrogens is 1. The monoisotopic (exact) mass is 509 g/mol. The Hall–Kier alpha value is -4.10. The van der Waals surface area contributed by atoms with Crippen LogP contribution in [0.1, 0.15) is 12.1 Å². The lowest BCUT2D eigenvalue weighted by Crippen LogP contribution is -2.24. The van der Waals surface area contributed by atoms with Crippen molar-refractivity contribution < 1.29 is 4.39 Å². The Morgan fingerprint density at radius 2 is 1.73 bits per heavy atom. The van der Waals surface area contributed by atoms with Gasteiger partial charge < -0.3 is 15.2 Å². The predicted molar refractivity (Wildman–Crippen MR) is 153 cm³/mol. The molecule has 0 unspecified atom stereocenters. The van der Waals surface area contributed by atoms with Crippen LogP contribution in [0.2, 0.25) is 0 Å². The first-order valence-electron chi connectivity index (χ1n) is 12.2. The van der Waals surface area contributed by atoms with Crippen molar-refractivity contribution >= 4 is 34.5 Å². The summed E-state index contributed by atoms with van der Waals surface area (Å²) in [5.74, 6) is 0.526. The molecule has 4 aromatic rings. The average Bonchev–Trinajstić information content (AvgIpc) is 3.27. The number of aromatic amines is 1. The number of pyridine rings is 1. The van der Waals surface area contributed by atoms with Crippen molar-refractivity contribution in [1.29, 1.82) is 0 Å². The highest BCUT2D eigenvalue weighted by molar-refractivity contribution is 7.98. The van der Waals surface area contributed by atoms with E-state index >= 15 is 0 Å². The van der Waals surface area contributed by atoms with E-state index < -0.39 is 0 Å². The van der Waals surface area contributed by atoms with E-state index in [2.05, 4.69) is 68.7 Å². The van der Waals surface area contributed by atoms with Crippen molar-refractivity contribution in [2.45, 2.75) is 11.6 Å². The summed E-state index contributed by atoms with van der Waals surface area (Å²) in [6, 6.07) is 24.7. The number of hydrogen-bond acceptors (Lipinski definition) is 5. The number of benzene rings is 2. The molecule has 0 saturated heterocycles. The fourth-order valence-corrected chi connectivity index (χ4v) is 4.66. The molecule has 1 aliphatic rings. The van der Waals surface area contributed by atoms with Crippen LogP contribution < -0.4 is 10.2 Å². The number of anilines is 3. The summed E-state index contributed by atoms with van der Waals surface area (Å²) < 4.78 is 13.7. The molecule has 5 nitrogen and oxygen atoms in total. The van der Waals surface area contributed by atoms with Gasteiger partial charge in [-0.15, -0.1) is 0 Å². The van der Waals surface area contributed by atoms with Crippen molar-refractivity contribution in [3.05, 3.63) is 115 Å². The minimum absolute atomic E-state index is 0.257. The predicted octanol–water partition coefficient (Wildman–Crippen LogP) is 7.64. The molecule has 0 amide bonds. The van der Waals surface area contributed by atoms with Crippen LogP contribution in [0.25, 0.3) is 16.8 Å². The number of thioether (sulfide) groups is 1. The second-order valence-corrected chi connectivity index (χ2v) is 9.29. The summed E-state index contributed by atoms with van der Waals surface area (Å²) in [6.45, 7) is 1.47. The lowest BCUT2D eigenvalue weighted by atomic mass is 10.0. The Morgan fingerprint density at radius 1 is 1.00 bits per heavy atom. The first-order valence-corrected chi connectivity index (χ1v) is 13.4. The topological polar surface area (TPSA) is 56.8 Å². The maximum absolute atomic E-state index is 13.7. The van der Waals surface area contributed by atoms with E-state index in [1.807, 2.05) is 36.6 Å². The summed E-state index contributed by atoms with van der Waals surface area (Å²) >= 11 is 1.55. The van der Waals surface area contributed by atoms with E-state index in [0.29, 0.717) is 13.0 Å². The van der Waals surface area contributed by atoms with E-state index in [1.54, 1.807) is 24.0 Å². The molecule has 2 aromatic heterocycles. The highest BCUT2D eigenvalue weighted by atomic mass is 32.2. The van der Waals surface area contributed by atoms with E-state index in [4.69, 9.17) is 4.98 Å². The smallest absolute Gasteiger partial charge is 0.166 e. The lowest BCUT2D eigenvalue weighted by molar-refractivity contribution is 0.667. The average molecular weight is 510 g/mol. The van der Waals surface area contributed by atoms with E-state index in [-0.39, 0.29) is 5.83 Å². The molecule has 7 heteroatoms. The second-order valence-electron chi connectivity index (χ2n) is 8.50. The van der Waals surface area contributed by atoms with Crippen LogP contribution in [-0.4, -0.2) is 34.3 Å². The molecule has 0 bridgehead atoms. The Kier molecular flexibility index (Phi) is 7.81. The highest BCUT2D eigenvalue weighted by Crippen LogP contribution is 2.33. The summed E-state index contributed by atoms with van der Waals surface area (Å²) in [4.78, 5) is 15.0. The fourth-order valence-electron chi connectivity index (χ4n) is 4.27. The van der Waals surface area contributed by atoms with Crippen LogP contribution in [0.15, 0.2) is 114 Å². The molecule has 186 valence electrons. The first-order chi connectivity index (χ1) is 18.2. The Morgan fingerprint density at radius 3 is 2.43 bits per heavy atom. The van der Waals surface area contributed by atoms with Crippen molar-refractivity contribution in [2.24, 2.45) is 0 Å². The number of hydrogen-bond donors (Lipinski definition) is 2. The molecule has 0 radical (unpaired) electrons. The Labute approximate surface area is 220 Å². The van der Waals surface area contributed by atoms with Crippen LogP contribution in [-0.2, 0) is 0 Å². The Balaban J connectivity index is 1.36. The number of imidazole rings is 1. The van der Waals surface area contributed by atoms with Gasteiger partial charge >= 0.3 is 0 Å². The maximum Gasteiger partial charge on any atom is 0.166 e. The minimum Gasteiger partial charge on any atom is -0.368 e. The van der Waals surface area contributed by atoms with Gasteiger partial charge in [0.15, 0.2) is 5.16 Å². The largest absolute Gasteiger partial charge is 0.368 e. The zero-order chi connectivity index (χ0) is 25.5. The van der Waals surface area contributed by atoms with Crippen LogP contribution >= 0.6 is 11.8 Å². The van der Waals surface area contributed by atoms with Gasteiger partial charge in [-0.05, 0) is 66.8 Å². The number of rotatable bonds is 9. The van der Waals surface area contributed by atoms with Gasteiger partial charge in [-0.3, -0.25) is 0 Å². The second kappa shape index (κ2) is 11.8. The fraction of sp³-hybridized carbons (Fsp3) is 0.133. The zero-order valence-corrected chi connectivity index (χ0v) is 21.4. The van der Waals surface area contributed by atoms with Crippen molar-refractivity contribution in [3.8, 4) is 11.3 Å². The van der Waals surface area contributed by atoms with Crippen LogP contribution in [0.5, 0.6) is 0 Å². The minimum atomic E-state index is -0.257. The summed E-state index contributed by atoms with van der Waals surface area (Å²) in [5.41, 5.74) is 5.95. The third-order valence-electron chi connectivity index (χ3n) is 6.06. The van der Waals surface area contributed by atoms with Gasteiger partial charge in [0.25, 0.3) is 0 Å². The van der Waals surface area contributed by atoms with Gasteiger partial charge in [-0.1, -0.05) is 60.3 Å². The molecule has 1 aliphatic carbocycles. The molecule has 0 spiro atoms. The number of nitrogens with one attached hydrogen (secondary N) is 2. The zero-order valence-electron chi connectivity index (χ0n) is 20.6. The molecular formula is C30H28FN5S. The number of para-hydroxylation sites is 2. The van der Waals surface area contributed by atoms with E-state index in [0.717, 1.165) is 51.4 Å².